The summed E-state index contributed by atoms with van der Waals surface area (Å²) in [6.07, 6.45) is -4.74. The first kappa shape index (κ1) is 25.2. The van der Waals surface area contributed by atoms with Crippen LogP contribution in [-0.2, 0) is 25.9 Å². The lowest BCUT2D eigenvalue weighted by Gasteiger charge is -2.19. The van der Waals surface area contributed by atoms with Crippen molar-refractivity contribution >= 4 is 35.1 Å². The van der Waals surface area contributed by atoms with Gasteiger partial charge in [-0.05, 0) is 41.3 Å². The van der Waals surface area contributed by atoms with E-state index in [0.29, 0.717) is 11.6 Å². The molecule has 0 aliphatic heterocycles. The van der Waals surface area contributed by atoms with Gasteiger partial charge < -0.3 is 15.4 Å². The van der Waals surface area contributed by atoms with Crippen molar-refractivity contribution < 1.29 is 32.3 Å². The molecule has 0 saturated carbocycles. The Kier molecular flexibility index (Phi) is 7.90. The van der Waals surface area contributed by atoms with Gasteiger partial charge in [-0.3, -0.25) is 14.4 Å². The summed E-state index contributed by atoms with van der Waals surface area (Å²) in [7, 11) is 0. The summed E-state index contributed by atoms with van der Waals surface area (Å²) in [5.41, 5.74) is -0.351. The van der Waals surface area contributed by atoms with E-state index in [9.17, 15) is 27.6 Å². The molecule has 2 amide bonds. The molecule has 0 spiro atoms. The summed E-state index contributed by atoms with van der Waals surface area (Å²) < 4.78 is 43.9. The maximum Gasteiger partial charge on any atom is 0.418 e. The third kappa shape index (κ3) is 7.26. The lowest BCUT2D eigenvalue weighted by molar-refractivity contribution is -0.146. The summed E-state index contributed by atoms with van der Waals surface area (Å²) in [6, 6.07) is 9.72. The number of hydrogen-bond donors (Lipinski definition) is 2. The maximum atomic E-state index is 13.1. The highest BCUT2D eigenvalue weighted by Crippen LogP contribution is 2.36. The fourth-order valence-corrected chi connectivity index (χ4v) is 2.79. The minimum Gasteiger partial charge on any atom is -0.454 e. The molecule has 6 nitrogen and oxygen atoms in total. The molecule has 0 fully saturated rings. The number of alkyl halides is 3. The van der Waals surface area contributed by atoms with Crippen molar-refractivity contribution in [2.45, 2.75) is 32.4 Å². The summed E-state index contributed by atoms with van der Waals surface area (Å²) in [4.78, 5) is 35.8. The van der Waals surface area contributed by atoms with Crippen molar-refractivity contribution in [3.63, 3.8) is 0 Å². The number of benzene rings is 2. The van der Waals surface area contributed by atoms with Gasteiger partial charge in [0, 0.05) is 10.6 Å². The van der Waals surface area contributed by atoms with Crippen LogP contribution >= 0.6 is 11.6 Å². The Balaban J connectivity index is 1.85. The van der Waals surface area contributed by atoms with Crippen molar-refractivity contribution in [2.24, 2.45) is 0 Å². The van der Waals surface area contributed by atoms with Crippen molar-refractivity contribution in [1.82, 2.24) is 5.32 Å². The van der Waals surface area contributed by atoms with E-state index in [1.807, 2.05) is 38.2 Å². The number of esters is 1. The summed E-state index contributed by atoms with van der Waals surface area (Å²) in [5, 5.41) is 4.23. The van der Waals surface area contributed by atoms with E-state index < -0.39 is 48.4 Å². The smallest absolute Gasteiger partial charge is 0.418 e. The number of anilines is 1. The Bertz CT molecular complexity index is 1000. The Hall–Kier alpha value is -3.07. The molecule has 0 atom stereocenters. The molecule has 2 N–H and O–H groups in total. The lowest BCUT2D eigenvalue weighted by Crippen LogP contribution is -2.32. The second-order valence-corrected chi connectivity index (χ2v) is 8.34. The van der Waals surface area contributed by atoms with E-state index in [2.05, 4.69) is 5.32 Å². The van der Waals surface area contributed by atoms with E-state index >= 15 is 0 Å². The van der Waals surface area contributed by atoms with Crippen LogP contribution in [0.4, 0.5) is 18.9 Å². The minimum absolute atomic E-state index is 0.0771. The van der Waals surface area contributed by atoms with E-state index in [1.54, 1.807) is 12.1 Å². The third-order valence-corrected chi connectivity index (χ3v) is 4.57. The first-order valence-corrected chi connectivity index (χ1v) is 9.86. The van der Waals surface area contributed by atoms with E-state index in [0.717, 1.165) is 11.6 Å². The molecule has 2 rings (SSSR count). The van der Waals surface area contributed by atoms with Gasteiger partial charge in [-0.1, -0.05) is 44.5 Å². The molecule has 0 saturated heterocycles. The van der Waals surface area contributed by atoms with Crippen LogP contribution in [-0.4, -0.2) is 30.9 Å². The Morgan fingerprint density at radius 1 is 1.00 bits per heavy atom. The highest BCUT2D eigenvalue weighted by atomic mass is 35.5. The summed E-state index contributed by atoms with van der Waals surface area (Å²) in [5.74, 6) is -2.41. The number of carbonyl (C=O) groups is 3. The number of hydrogen-bond acceptors (Lipinski definition) is 4. The van der Waals surface area contributed by atoms with Gasteiger partial charge >= 0.3 is 12.1 Å². The van der Waals surface area contributed by atoms with Gasteiger partial charge in [-0.15, -0.1) is 0 Å². The zero-order chi connectivity index (χ0) is 24.1. The van der Waals surface area contributed by atoms with Crippen LogP contribution in [0, 0.1) is 0 Å². The predicted octanol–water partition coefficient (Wildman–Crippen LogP) is 4.57. The molecule has 0 unspecified atom stereocenters. The van der Waals surface area contributed by atoms with Crippen LogP contribution in [0.5, 0.6) is 0 Å². The first-order valence-electron chi connectivity index (χ1n) is 9.48. The number of ether oxygens (including phenoxy) is 1. The standard InChI is InChI=1S/C22H22ClF3N2O4/c1-21(2,3)14-6-4-13(5-7-14)20(31)27-11-19(30)32-12-18(29)28-17-9-8-15(23)10-16(17)22(24,25)26/h4-10H,11-12H2,1-3H3,(H,27,31)(H,28,29). The molecule has 0 heterocycles. The molecule has 10 heteroatoms. The highest BCUT2D eigenvalue weighted by molar-refractivity contribution is 6.30. The largest absolute Gasteiger partial charge is 0.454 e. The minimum atomic E-state index is -4.74. The topological polar surface area (TPSA) is 84.5 Å². The predicted molar refractivity (Wildman–Crippen MR) is 114 cm³/mol. The van der Waals surface area contributed by atoms with Gasteiger partial charge in [0.2, 0.25) is 0 Å². The third-order valence-electron chi connectivity index (χ3n) is 4.33. The highest BCUT2D eigenvalue weighted by Gasteiger charge is 2.34. The van der Waals surface area contributed by atoms with Crippen molar-refractivity contribution in [1.29, 1.82) is 0 Å². The van der Waals surface area contributed by atoms with Crippen LogP contribution < -0.4 is 10.6 Å². The number of nitrogens with one attached hydrogen (secondary N) is 2. The number of rotatable bonds is 6. The van der Waals surface area contributed by atoms with Gasteiger partial charge in [0.05, 0.1) is 11.3 Å². The average molecular weight is 471 g/mol. The summed E-state index contributed by atoms with van der Waals surface area (Å²) in [6.45, 7) is 4.76. The molecular weight excluding hydrogens is 449 g/mol. The zero-order valence-corrected chi connectivity index (χ0v) is 18.4. The molecule has 32 heavy (non-hydrogen) atoms. The molecule has 2 aromatic rings. The maximum absolute atomic E-state index is 13.1. The Labute approximate surface area is 188 Å². The monoisotopic (exact) mass is 470 g/mol. The quantitative estimate of drug-likeness (QED) is 0.606. The first-order chi connectivity index (χ1) is 14.8. The van der Waals surface area contributed by atoms with Crippen LogP contribution in [0.1, 0.15) is 42.3 Å². The molecule has 0 aromatic heterocycles. The second-order valence-electron chi connectivity index (χ2n) is 7.91. The molecule has 0 bridgehead atoms. The van der Waals surface area contributed by atoms with Gasteiger partial charge in [0.1, 0.15) is 6.54 Å². The van der Waals surface area contributed by atoms with Crippen LogP contribution in [0.3, 0.4) is 0 Å². The molecule has 2 aromatic carbocycles. The fourth-order valence-electron chi connectivity index (χ4n) is 2.62. The normalized spacial score (nSPS) is 11.6. The van der Waals surface area contributed by atoms with Crippen LogP contribution in [0.15, 0.2) is 42.5 Å². The van der Waals surface area contributed by atoms with Gasteiger partial charge in [-0.25, -0.2) is 0 Å². The Morgan fingerprint density at radius 3 is 2.19 bits per heavy atom. The zero-order valence-electron chi connectivity index (χ0n) is 17.6. The molecule has 0 radical (unpaired) electrons. The van der Waals surface area contributed by atoms with Crippen molar-refractivity contribution in [3.05, 3.63) is 64.2 Å². The molecule has 0 aliphatic carbocycles. The van der Waals surface area contributed by atoms with Gasteiger partial charge in [-0.2, -0.15) is 13.2 Å². The van der Waals surface area contributed by atoms with Crippen molar-refractivity contribution in [3.8, 4) is 0 Å². The Morgan fingerprint density at radius 2 is 1.62 bits per heavy atom. The molecule has 0 aliphatic rings. The van der Waals surface area contributed by atoms with Crippen LogP contribution in [0.25, 0.3) is 0 Å². The van der Waals surface area contributed by atoms with E-state index in [4.69, 9.17) is 16.3 Å². The summed E-state index contributed by atoms with van der Waals surface area (Å²) >= 11 is 5.58. The van der Waals surface area contributed by atoms with Gasteiger partial charge in [0.15, 0.2) is 6.61 Å². The van der Waals surface area contributed by atoms with Crippen molar-refractivity contribution in [2.75, 3.05) is 18.5 Å². The average Bonchev–Trinajstić information content (AvgIpc) is 2.70. The van der Waals surface area contributed by atoms with Gasteiger partial charge in [0.25, 0.3) is 11.8 Å². The lowest BCUT2D eigenvalue weighted by atomic mass is 9.87. The number of amides is 2. The number of carbonyl (C=O) groups excluding carboxylic acids is 3. The fraction of sp³-hybridized carbons (Fsp3) is 0.318. The van der Waals surface area contributed by atoms with Crippen LogP contribution in [0.2, 0.25) is 5.02 Å². The van der Waals surface area contributed by atoms with E-state index in [1.165, 1.54) is 6.07 Å². The molecular formula is C22H22ClF3N2O4. The number of halogens is 4. The molecule has 172 valence electrons. The second kappa shape index (κ2) is 10.0. The SMILES string of the molecule is CC(C)(C)c1ccc(C(=O)NCC(=O)OCC(=O)Nc2ccc(Cl)cc2C(F)(F)F)cc1. The van der Waals surface area contributed by atoms with E-state index in [-0.39, 0.29) is 10.4 Å².